The van der Waals surface area contributed by atoms with Gasteiger partial charge in [-0.15, -0.1) is 0 Å². The first-order valence-corrected chi connectivity index (χ1v) is 11.2. The second-order valence-corrected chi connectivity index (χ2v) is 9.62. The lowest BCUT2D eigenvalue weighted by molar-refractivity contribution is 0.0754. The third-order valence-corrected chi connectivity index (χ3v) is 8.04. The molecule has 6 nitrogen and oxygen atoms in total. The zero-order valence-corrected chi connectivity index (χ0v) is 17.6. The van der Waals surface area contributed by atoms with Crippen LogP contribution in [0.5, 0.6) is 23.0 Å². The smallest absolute Gasteiger partial charge is 0.353 e. The van der Waals surface area contributed by atoms with Crippen molar-refractivity contribution in [3.63, 3.8) is 0 Å². The summed E-state index contributed by atoms with van der Waals surface area (Å²) < 4.78 is 6.22. The summed E-state index contributed by atoms with van der Waals surface area (Å²) in [4.78, 5) is 15.1. The van der Waals surface area contributed by atoms with Gasteiger partial charge in [-0.3, -0.25) is 0 Å². The lowest BCUT2D eigenvalue weighted by atomic mass is 10.2. The van der Waals surface area contributed by atoms with Gasteiger partial charge >= 0.3 is 5.97 Å². The minimum Gasteiger partial charge on any atom is -0.508 e. The lowest BCUT2D eigenvalue weighted by Crippen LogP contribution is -2.14. The third kappa shape index (κ3) is 3.93. The molecule has 0 atom stereocenters. The molecular weight excluding hydrogens is 428 g/mol. The first kappa shape index (κ1) is 21.1. The minimum absolute atomic E-state index is 0.000657. The van der Waals surface area contributed by atoms with E-state index in [0.717, 1.165) is 0 Å². The molecule has 0 fully saturated rings. The Morgan fingerprint density at radius 1 is 0.562 bits per heavy atom. The van der Waals surface area contributed by atoms with E-state index in [4.69, 9.17) is 4.18 Å². The molecule has 0 aliphatic carbocycles. The van der Waals surface area contributed by atoms with Gasteiger partial charge in [0.05, 0.1) is 0 Å². The van der Waals surface area contributed by atoms with Gasteiger partial charge in [0.1, 0.15) is 28.6 Å². The van der Waals surface area contributed by atoms with Crippen molar-refractivity contribution in [1.82, 2.24) is 0 Å². The Hall–Kier alpha value is -4.10. The van der Waals surface area contributed by atoms with Gasteiger partial charge in [0, 0.05) is 14.7 Å². The molecule has 4 aromatic rings. The van der Waals surface area contributed by atoms with Gasteiger partial charge in [-0.2, -0.15) is 0 Å². The van der Waals surface area contributed by atoms with Crippen molar-refractivity contribution in [2.24, 2.45) is 0 Å². The molecule has 4 aromatic carbocycles. The predicted molar refractivity (Wildman–Crippen MR) is 120 cm³/mol. The van der Waals surface area contributed by atoms with E-state index in [0.29, 0.717) is 14.7 Å². The highest BCUT2D eigenvalue weighted by Gasteiger charge is 2.36. The quantitative estimate of drug-likeness (QED) is 0.318. The van der Waals surface area contributed by atoms with E-state index < -0.39 is 16.3 Å². The molecule has 4 rings (SSSR count). The normalized spacial score (nSPS) is 11.6. The summed E-state index contributed by atoms with van der Waals surface area (Å²) in [5.41, 5.74) is 0.000657. The largest absolute Gasteiger partial charge is 0.508 e. The van der Waals surface area contributed by atoms with E-state index in [9.17, 15) is 25.2 Å². The maximum absolute atomic E-state index is 13.3. The Morgan fingerprint density at radius 3 is 1.31 bits per heavy atom. The molecule has 0 unspecified atom stereocenters. The van der Waals surface area contributed by atoms with Crippen LogP contribution in [-0.2, 0) is 4.18 Å². The van der Waals surface area contributed by atoms with Crippen molar-refractivity contribution in [3.8, 4) is 23.0 Å². The van der Waals surface area contributed by atoms with Crippen LogP contribution < -0.4 is 0 Å². The van der Waals surface area contributed by atoms with E-state index >= 15 is 0 Å². The van der Waals surface area contributed by atoms with E-state index in [-0.39, 0.29) is 28.6 Å². The second-order valence-electron chi connectivity index (χ2n) is 6.93. The Labute approximate surface area is 186 Å². The number of rotatable bonds is 5. The third-order valence-electron chi connectivity index (χ3n) is 4.83. The van der Waals surface area contributed by atoms with Crippen LogP contribution in [0.1, 0.15) is 10.4 Å². The zero-order valence-electron chi connectivity index (χ0n) is 16.8. The highest BCUT2D eigenvalue weighted by atomic mass is 32.3. The van der Waals surface area contributed by atoms with Crippen LogP contribution in [0.2, 0.25) is 0 Å². The summed E-state index contributed by atoms with van der Waals surface area (Å²) in [6.45, 7) is 0. The summed E-state index contributed by atoms with van der Waals surface area (Å²) in [6.07, 6.45) is 0. The van der Waals surface area contributed by atoms with Crippen LogP contribution in [0, 0.1) is 0 Å². The van der Waals surface area contributed by atoms with Gasteiger partial charge in [0.15, 0.2) is 0 Å². The average molecular weight is 448 g/mol. The highest BCUT2D eigenvalue weighted by molar-refractivity contribution is 8.30. The van der Waals surface area contributed by atoms with E-state index in [1.807, 2.05) is 0 Å². The number of carbonyl (C=O) groups is 1. The van der Waals surface area contributed by atoms with Crippen molar-refractivity contribution in [2.75, 3.05) is 0 Å². The van der Waals surface area contributed by atoms with Gasteiger partial charge in [-0.05, 0) is 95.2 Å². The van der Waals surface area contributed by atoms with Gasteiger partial charge in [-0.1, -0.05) is 12.1 Å². The SMILES string of the molecule is O=C(OS(c1ccc(O)cc1)(c1ccc(O)cc1)c1ccc(O)cc1)c1ccccc1O. The van der Waals surface area contributed by atoms with Crippen LogP contribution in [-0.4, -0.2) is 26.4 Å². The van der Waals surface area contributed by atoms with Crippen LogP contribution >= 0.6 is 10.3 Å². The zero-order chi connectivity index (χ0) is 22.7. The molecule has 0 heterocycles. The average Bonchev–Trinajstić information content (AvgIpc) is 2.79. The fourth-order valence-corrected chi connectivity index (χ4v) is 6.25. The summed E-state index contributed by atoms with van der Waals surface area (Å²) in [7, 11) is -2.74. The van der Waals surface area contributed by atoms with Crippen LogP contribution in [0.4, 0.5) is 0 Å². The first-order valence-electron chi connectivity index (χ1n) is 9.62. The molecule has 4 N–H and O–H groups in total. The summed E-state index contributed by atoms with van der Waals surface area (Å²) >= 11 is 0. The fraction of sp³-hybridized carbons (Fsp3) is 0. The molecule has 0 bridgehead atoms. The maximum Gasteiger partial charge on any atom is 0.353 e. The molecule has 0 amide bonds. The van der Waals surface area contributed by atoms with Crippen LogP contribution in [0.3, 0.4) is 0 Å². The van der Waals surface area contributed by atoms with Crippen molar-refractivity contribution >= 4 is 16.3 Å². The predicted octanol–water partition coefficient (Wildman–Crippen LogP) is 5.56. The van der Waals surface area contributed by atoms with E-state index in [1.54, 1.807) is 48.5 Å². The Bertz CT molecular complexity index is 1120. The summed E-state index contributed by atoms with van der Waals surface area (Å²) in [5.74, 6) is -0.818. The monoisotopic (exact) mass is 448 g/mol. The number of aromatic hydroxyl groups is 4. The Morgan fingerprint density at radius 2 is 0.938 bits per heavy atom. The molecule has 0 aliphatic rings. The number of benzene rings is 4. The van der Waals surface area contributed by atoms with Crippen molar-refractivity contribution < 1.29 is 29.4 Å². The molecule has 0 spiro atoms. The Kier molecular flexibility index (Phi) is 5.66. The van der Waals surface area contributed by atoms with E-state index in [2.05, 4.69) is 0 Å². The minimum atomic E-state index is -2.74. The van der Waals surface area contributed by atoms with Crippen molar-refractivity contribution in [1.29, 1.82) is 0 Å². The molecule has 162 valence electrons. The molecule has 0 aliphatic heterocycles. The fourth-order valence-electron chi connectivity index (χ4n) is 3.27. The number of phenols is 4. The number of hydrogen-bond donors (Lipinski definition) is 4. The molecule has 0 saturated heterocycles. The number of carbonyl (C=O) groups excluding carboxylic acids is 1. The summed E-state index contributed by atoms with van der Waals surface area (Å²) in [6, 6.07) is 25.0. The van der Waals surface area contributed by atoms with Crippen LogP contribution in [0.25, 0.3) is 0 Å². The molecule has 0 aromatic heterocycles. The van der Waals surface area contributed by atoms with Gasteiger partial charge in [0.25, 0.3) is 0 Å². The van der Waals surface area contributed by atoms with Crippen molar-refractivity contribution in [2.45, 2.75) is 14.7 Å². The molecule has 7 heteroatoms. The second kappa shape index (κ2) is 8.56. The Balaban J connectivity index is 1.98. The number of para-hydroxylation sites is 1. The topological polar surface area (TPSA) is 107 Å². The molecule has 0 radical (unpaired) electrons. The van der Waals surface area contributed by atoms with E-state index in [1.165, 1.54) is 48.5 Å². The number of hydrogen-bond acceptors (Lipinski definition) is 6. The molecule has 0 saturated carbocycles. The molecule has 32 heavy (non-hydrogen) atoms. The highest BCUT2D eigenvalue weighted by Crippen LogP contribution is 2.69. The standard InChI is InChI=1S/C25H20O6S/c26-17-5-11-20(12-6-17)32(21-13-7-18(27)8-14-21,22-15-9-19(28)10-16-22)31-25(30)23-3-1-2-4-24(23)29/h1-16,26-29H. The van der Waals surface area contributed by atoms with Gasteiger partial charge < -0.3 is 24.6 Å². The first-order chi connectivity index (χ1) is 15.4. The maximum atomic E-state index is 13.3. The van der Waals surface area contributed by atoms with Gasteiger partial charge in [0.2, 0.25) is 0 Å². The van der Waals surface area contributed by atoms with Crippen LogP contribution in [0.15, 0.2) is 112 Å². The number of phenolic OH excluding ortho intramolecular Hbond substituents is 4. The molecular formula is C25H20O6S. The lowest BCUT2D eigenvalue weighted by Gasteiger charge is -2.39. The van der Waals surface area contributed by atoms with Gasteiger partial charge in [-0.25, -0.2) is 4.79 Å². The van der Waals surface area contributed by atoms with Crippen molar-refractivity contribution in [3.05, 3.63) is 103 Å². The summed E-state index contributed by atoms with van der Waals surface area (Å²) in [5, 5.41) is 39.7.